The van der Waals surface area contributed by atoms with Gasteiger partial charge >= 0.3 is 5.56 Å². The molecule has 2 aromatic carbocycles. The molecule has 0 aliphatic rings. The van der Waals surface area contributed by atoms with Crippen LogP contribution in [0.15, 0.2) is 64.4 Å². The van der Waals surface area contributed by atoms with Crippen molar-refractivity contribution in [3.05, 3.63) is 70.1 Å². The number of hydrogen-bond acceptors (Lipinski definition) is 5. The molecule has 1 aromatic heterocycles. The van der Waals surface area contributed by atoms with Gasteiger partial charge in [-0.15, -0.1) is 0 Å². The Balaban J connectivity index is 2.07. The van der Waals surface area contributed by atoms with Crippen LogP contribution in [0.1, 0.15) is 26.2 Å². The van der Waals surface area contributed by atoms with Crippen molar-refractivity contribution in [1.29, 1.82) is 0 Å². The molecule has 0 bridgehead atoms. The molecule has 0 spiro atoms. The molecule has 0 aliphatic heterocycles. The molecule has 0 aliphatic carbocycles. The zero-order valence-electron chi connectivity index (χ0n) is 16.8. The van der Waals surface area contributed by atoms with E-state index in [1.807, 2.05) is 0 Å². The first-order chi connectivity index (χ1) is 14.3. The number of halogens is 1. The lowest BCUT2D eigenvalue weighted by Gasteiger charge is -2.14. The number of hydrogen-bond donors (Lipinski definition) is 0. The van der Waals surface area contributed by atoms with Crippen molar-refractivity contribution in [2.45, 2.75) is 31.1 Å². The highest BCUT2D eigenvalue weighted by molar-refractivity contribution is 7.90. The Labute approximate surface area is 181 Å². The molecular weight excluding hydrogens is 424 g/mol. The second-order valence-electron chi connectivity index (χ2n) is 6.94. The summed E-state index contributed by atoms with van der Waals surface area (Å²) in [6, 6.07) is 13.2. The van der Waals surface area contributed by atoms with Crippen LogP contribution in [0.25, 0.3) is 16.8 Å². The van der Waals surface area contributed by atoms with E-state index in [9.17, 15) is 13.2 Å². The van der Waals surface area contributed by atoms with Gasteiger partial charge in [-0.2, -0.15) is 9.78 Å². The van der Waals surface area contributed by atoms with Crippen LogP contribution in [0, 0.1) is 0 Å². The van der Waals surface area contributed by atoms with Crippen molar-refractivity contribution < 1.29 is 13.2 Å². The lowest BCUT2D eigenvalue weighted by molar-refractivity contribution is 0.301. The smallest absolute Gasteiger partial charge is 0.314 e. The Morgan fingerprint density at radius 1 is 1.10 bits per heavy atom. The Morgan fingerprint density at radius 3 is 2.47 bits per heavy atom. The monoisotopic (exact) mass is 446 g/mol. The van der Waals surface area contributed by atoms with E-state index in [1.165, 1.54) is 16.8 Å². The van der Waals surface area contributed by atoms with Crippen molar-refractivity contribution in [3.8, 4) is 22.6 Å². The molecule has 0 radical (unpaired) electrons. The molecule has 0 atom stereocenters. The average Bonchev–Trinajstić information content (AvgIpc) is 2.71. The molecule has 158 valence electrons. The van der Waals surface area contributed by atoms with Crippen molar-refractivity contribution >= 4 is 21.4 Å². The molecule has 3 rings (SSSR count). The summed E-state index contributed by atoms with van der Waals surface area (Å²) >= 11 is 6.06. The van der Waals surface area contributed by atoms with Gasteiger partial charge in [0.25, 0.3) is 0 Å². The van der Waals surface area contributed by atoms with Crippen LogP contribution in [0.2, 0.25) is 5.02 Å². The molecular formula is C22H23ClN2O4S. The lowest BCUT2D eigenvalue weighted by Crippen LogP contribution is -2.24. The SMILES string of the molecule is CCCCCOc1c(-c2ccc(S(C)(=O)=O)cc2)cnn(-c2cccc(Cl)c2)c1=O. The molecule has 0 saturated heterocycles. The van der Waals surface area contributed by atoms with Crippen molar-refractivity contribution in [2.75, 3.05) is 12.9 Å². The summed E-state index contributed by atoms with van der Waals surface area (Å²) in [5, 5.41) is 4.78. The zero-order valence-corrected chi connectivity index (χ0v) is 18.4. The van der Waals surface area contributed by atoms with E-state index in [-0.39, 0.29) is 10.6 Å². The van der Waals surface area contributed by atoms with E-state index in [1.54, 1.807) is 42.6 Å². The Kier molecular flexibility index (Phi) is 6.95. The number of rotatable bonds is 8. The molecule has 30 heavy (non-hydrogen) atoms. The fraction of sp³-hybridized carbons (Fsp3) is 0.273. The largest absolute Gasteiger partial charge is 0.487 e. The number of ether oxygens (including phenoxy) is 1. The number of benzene rings is 2. The van der Waals surface area contributed by atoms with Gasteiger partial charge in [0, 0.05) is 16.8 Å². The van der Waals surface area contributed by atoms with Gasteiger partial charge < -0.3 is 4.74 Å². The van der Waals surface area contributed by atoms with E-state index in [0.29, 0.717) is 28.4 Å². The van der Waals surface area contributed by atoms with Gasteiger partial charge in [-0.05, 0) is 42.3 Å². The summed E-state index contributed by atoms with van der Waals surface area (Å²) in [5.74, 6) is 0.174. The van der Waals surface area contributed by atoms with Gasteiger partial charge in [-0.3, -0.25) is 4.79 Å². The highest BCUT2D eigenvalue weighted by atomic mass is 35.5. The third kappa shape index (κ3) is 5.09. The van der Waals surface area contributed by atoms with Gasteiger partial charge in [0.2, 0.25) is 0 Å². The standard InChI is InChI=1S/C22H23ClN2O4S/c1-3-4-5-13-29-21-20(16-9-11-19(12-10-16)30(2,27)28)15-24-25(22(21)26)18-8-6-7-17(23)14-18/h6-12,14-15H,3-5,13H2,1-2H3. The highest BCUT2D eigenvalue weighted by Gasteiger charge is 2.17. The molecule has 6 nitrogen and oxygen atoms in total. The zero-order chi connectivity index (χ0) is 21.7. The Hall–Kier alpha value is -2.64. The van der Waals surface area contributed by atoms with E-state index >= 15 is 0 Å². The quantitative estimate of drug-likeness (QED) is 0.475. The van der Waals surface area contributed by atoms with Crippen molar-refractivity contribution in [2.24, 2.45) is 0 Å². The maximum absolute atomic E-state index is 13.2. The predicted molar refractivity (Wildman–Crippen MR) is 118 cm³/mol. The van der Waals surface area contributed by atoms with Gasteiger partial charge in [0.05, 0.1) is 23.4 Å². The van der Waals surface area contributed by atoms with Crippen LogP contribution < -0.4 is 10.3 Å². The minimum Gasteiger partial charge on any atom is -0.487 e. The summed E-state index contributed by atoms with van der Waals surface area (Å²) in [5.41, 5.74) is 1.29. The molecule has 0 fully saturated rings. The number of aromatic nitrogens is 2. The third-order valence-corrected chi connectivity index (χ3v) is 5.94. The first-order valence-electron chi connectivity index (χ1n) is 9.63. The minimum absolute atomic E-state index is 0.174. The Bertz CT molecular complexity index is 1190. The molecule has 8 heteroatoms. The topological polar surface area (TPSA) is 78.3 Å². The van der Waals surface area contributed by atoms with Crippen LogP contribution in [0.4, 0.5) is 0 Å². The molecule has 1 heterocycles. The fourth-order valence-corrected chi connectivity index (χ4v) is 3.80. The van der Waals surface area contributed by atoms with Gasteiger partial charge in [-0.1, -0.05) is 49.6 Å². The number of nitrogens with zero attached hydrogens (tertiary/aromatic N) is 2. The van der Waals surface area contributed by atoms with Crippen molar-refractivity contribution in [3.63, 3.8) is 0 Å². The van der Waals surface area contributed by atoms with Crippen LogP contribution in [-0.2, 0) is 9.84 Å². The third-order valence-electron chi connectivity index (χ3n) is 4.57. The van der Waals surface area contributed by atoms with Crippen LogP contribution >= 0.6 is 11.6 Å². The normalized spacial score (nSPS) is 11.4. The van der Waals surface area contributed by atoms with Crippen LogP contribution in [-0.4, -0.2) is 31.1 Å². The summed E-state index contributed by atoms with van der Waals surface area (Å²) in [7, 11) is -3.31. The number of unbranched alkanes of at least 4 members (excludes halogenated alkanes) is 2. The molecule has 3 aromatic rings. The molecule has 0 N–H and O–H groups in total. The fourth-order valence-electron chi connectivity index (χ4n) is 2.98. The Morgan fingerprint density at radius 2 is 1.83 bits per heavy atom. The van der Waals surface area contributed by atoms with Crippen LogP contribution in [0.3, 0.4) is 0 Å². The highest BCUT2D eigenvalue weighted by Crippen LogP contribution is 2.28. The maximum Gasteiger partial charge on any atom is 0.314 e. The first-order valence-corrected chi connectivity index (χ1v) is 11.9. The van der Waals surface area contributed by atoms with E-state index < -0.39 is 15.4 Å². The van der Waals surface area contributed by atoms with Gasteiger partial charge in [0.15, 0.2) is 15.6 Å². The summed E-state index contributed by atoms with van der Waals surface area (Å²) in [6.45, 7) is 2.49. The van der Waals surface area contributed by atoms with E-state index in [2.05, 4.69) is 12.0 Å². The summed E-state index contributed by atoms with van der Waals surface area (Å²) in [6.07, 6.45) is 5.55. The number of sulfone groups is 1. The average molecular weight is 447 g/mol. The minimum atomic E-state index is -3.31. The maximum atomic E-state index is 13.2. The predicted octanol–water partition coefficient (Wildman–Crippen LogP) is 4.53. The summed E-state index contributed by atoms with van der Waals surface area (Å²) in [4.78, 5) is 13.4. The second-order valence-corrected chi connectivity index (χ2v) is 9.39. The van der Waals surface area contributed by atoms with Gasteiger partial charge in [-0.25, -0.2) is 8.42 Å². The molecule has 0 amide bonds. The van der Waals surface area contributed by atoms with Crippen LogP contribution in [0.5, 0.6) is 5.75 Å². The first kappa shape index (κ1) is 22.1. The van der Waals surface area contributed by atoms with E-state index in [0.717, 1.165) is 25.5 Å². The van der Waals surface area contributed by atoms with Crippen molar-refractivity contribution in [1.82, 2.24) is 9.78 Å². The lowest BCUT2D eigenvalue weighted by atomic mass is 10.1. The van der Waals surface area contributed by atoms with E-state index in [4.69, 9.17) is 16.3 Å². The van der Waals surface area contributed by atoms with Gasteiger partial charge in [0.1, 0.15) is 0 Å². The summed E-state index contributed by atoms with van der Waals surface area (Å²) < 4.78 is 30.6. The molecule has 0 saturated carbocycles. The second kappa shape index (κ2) is 9.45. The molecule has 0 unspecified atom stereocenters.